The molecule has 17 heteroatoms. The standard InChI is InChI=1S/C32H25F5N6O6/c1-41-24-14-38-8-6-19(24)29(45)43(31(41)48)23-5-4-16(18-3-2-7-39-27(18)23)11-22(30(46)47)40-28(44)26-20(33)12-17(13-21(26)34)42-9-10-49-15-25(42)32(35,36)37/h2-8,12-14,22,25H,9-11,15H2,1H3,(H,40,44)(H,46,47)/t22-,25+/m0/s1. The van der Waals surface area contributed by atoms with Crippen molar-refractivity contribution in [1.82, 2.24) is 24.4 Å². The average molecular weight is 685 g/mol. The zero-order valence-electron chi connectivity index (χ0n) is 25.4. The van der Waals surface area contributed by atoms with E-state index in [9.17, 15) is 37.5 Å². The van der Waals surface area contributed by atoms with Gasteiger partial charge in [0, 0.05) is 43.5 Å². The number of anilines is 1. The molecule has 1 saturated heterocycles. The fourth-order valence-electron chi connectivity index (χ4n) is 5.86. The lowest BCUT2D eigenvalue weighted by Crippen LogP contribution is -2.53. The fraction of sp³-hybridized carbons (Fsp3) is 0.250. The highest BCUT2D eigenvalue weighted by molar-refractivity contribution is 5.98. The number of aliphatic carboxylic acids is 1. The van der Waals surface area contributed by atoms with Crippen LogP contribution in [0.2, 0.25) is 0 Å². The first kappa shape index (κ1) is 33.2. The number of alkyl halides is 3. The van der Waals surface area contributed by atoms with Gasteiger partial charge < -0.3 is 20.1 Å². The number of carboxylic acids is 1. The summed E-state index contributed by atoms with van der Waals surface area (Å²) >= 11 is 0. The molecule has 4 heterocycles. The Balaban J connectivity index is 1.32. The molecular weight excluding hydrogens is 659 g/mol. The van der Waals surface area contributed by atoms with Gasteiger partial charge in [-0.05, 0) is 35.9 Å². The summed E-state index contributed by atoms with van der Waals surface area (Å²) < 4.78 is 78.0. The molecule has 3 aromatic heterocycles. The molecule has 5 aromatic rings. The highest BCUT2D eigenvalue weighted by Gasteiger charge is 2.46. The van der Waals surface area contributed by atoms with E-state index in [0.29, 0.717) is 23.0 Å². The van der Waals surface area contributed by atoms with Crippen LogP contribution in [0.1, 0.15) is 15.9 Å². The molecule has 1 aliphatic heterocycles. The van der Waals surface area contributed by atoms with Crippen molar-refractivity contribution in [2.24, 2.45) is 7.05 Å². The lowest BCUT2D eigenvalue weighted by atomic mass is 9.99. The average Bonchev–Trinajstić information content (AvgIpc) is 3.07. The topological polar surface area (TPSA) is 149 Å². The number of amides is 1. The van der Waals surface area contributed by atoms with Gasteiger partial charge in [0.1, 0.15) is 29.3 Å². The quantitative estimate of drug-likeness (QED) is 0.247. The van der Waals surface area contributed by atoms with Gasteiger partial charge in [-0.3, -0.25) is 24.1 Å². The van der Waals surface area contributed by atoms with E-state index in [-0.39, 0.29) is 35.3 Å². The SMILES string of the molecule is Cn1c(=O)n(-c2ccc(C[C@H](NC(=O)c3c(F)cc(N4CCOC[C@@H]4C(F)(F)F)cc3F)C(=O)O)c3cccnc23)c(=O)c2ccncc21. The predicted molar refractivity (Wildman–Crippen MR) is 165 cm³/mol. The van der Waals surface area contributed by atoms with Crippen LogP contribution in [-0.2, 0) is 23.0 Å². The second-order valence-corrected chi connectivity index (χ2v) is 11.2. The first-order chi connectivity index (χ1) is 23.3. The zero-order chi connectivity index (χ0) is 35.2. The number of hydrogen-bond acceptors (Lipinski definition) is 8. The normalized spacial score (nSPS) is 15.8. The molecule has 2 atom stereocenters. The number of hydrogen-bond donors (Lipinski definition) is 2. The maximum Gasteiger partial charge on any atom is 0.411 e. The third-order valence-corrected chi connectivity index (χ3v) is 8.27. The summed E-state index contributed by atoms with van der Waals surface area (Å²) in [4.78, 5) is 61.1. The minimum absolute atomic E-state index is 0.0943. The van der Waals surface area contributed by atoms with Gasteiger partial charge in [-0.2, -0.15) is 13.2 Å². The maximum absolute atomic E-state index is 15.2. The molecule has 0 aliphatic carbocycles. The van der Waals surface area contributed by atoms with E-state index in [1.54, 1.807) is 6.07 Å². The van der Waals surface area contributed by atoms with Crippen LogP contribution in [0.25, 0.3) is 27.5 Å². The Kier molecular flexibility index (Phi) is 8.62. The summed E-state index contributed by atoms with van der Waals surface area (Å²) in [7, 11) is 1.47. The number of benzene rings is 2. The fourth-order valence-corrected chi connectivity index (χ4v) is 5.86. The number of aryl methyl sites for hydroxylation is 1. The Bertz CT molecular complexity index is 2230. The molecule has 1 aliphatic rings. The van der Waals surface area contributed by atoms with Crippen molar-refractivity contribution in [3.63, 3.8) is 0 Å². The molecule has 0 unspecified atom stereocenters. The Hall–Kier alpha value is -5.71. The van der Waals surface area contributed by atoms with E-state index in [2.05, 4.69) is 15.3 Å². The Labute approximate surface area is 272 Å². The second kappa shape index (κ2) is 12.7. The summed E-state index contributed by atoms with van der Waals surface area (Å²) in [5.41, 5.74) is -2.16. The summed E-state index contributed by atoms with van der Waals surface area (Å²) in [5, 5.41) is 12.6. The lowest BCUT2D eigenvalue weighted by Gasteiger charge is -2.38. The molecule has 1 fully saturated rings. The Morgan fingerprint density at radius 3 is 2.51 bits per heavy atom. The largest absolute Gasteiger partial charge is 0.480 e. The third kappa shape index (κ3) is 6.08. The molecule has 6 rings (SSSR count). The van der Waals surface area contributed by atoms with Crippen molar-refractivity contribution >= 4 is 39.4 Å². The summed E-state index contributed by atoms with van der Waals surface area (Å²) in [5.74, 6) is -6.02. The van der Waals surface area contributed by atoms with Crippen molar-refractivity contribution in [2.45, 2.75) is 24.7 Å². The molecule has 0 radical (unpaired) electrons. The summed E-state index contributed by atoms with van der Waals surface area (Å²) in [6.45, 7) is -1.20. The first-order valence-electron chi connectivity index (χ1n) is 14.6. The van der Waals surface area contributed by atoms with Crippen molar-refractivity contribution in [1.29, 1.82) is 0 Å². The number of nitrogens with zero attached hydrogens (tertiary/aromatic N) is 5. The molecule has 49 heavy (non-hydrogen) atoms. The molecule has 0 spiro atoms. The van der Waals surface area contributed by atoms with E-state index < -0.39 is 77.3 Å². The number of halogens is 5. The van der Waals surface area contributed by atoms with Crippen molar-refractivity contribution < 1.29 is 41.4 Å². The van der Waals surface area contributed by atoms with E-state index >= 15 is 8.78 Å². The van der Waals surface area contributed by atoms with Gasteiger partial charge in [0.2, 0.25) is 0 Å². The maximum atomic E-state index is 15.2. The number of nitrogens with one attached hydrogen (secondary N) is 1. The number of carbonyl (C=O) groups is 2. The van der Waals surface area contributed by atoms with Crippen LogP contribution < -0.4 is 21.5 Å². The van der Waals surface area contributed by atoms with E-state index in [4.69, 9.17) is 4.74 Å². The number of fused-ring (bicyclic) bond motifs is 2. The van der Waals surface area contributed by atoms with E-state index in [1.807, 2.05) is 0 Å². The zero-order valence-corrected chi connectivity index (χ0v) is 25.4. The molecule has 2 aromatic carbocycles. The van der Waals surface area contributed by atoms with Gasteiger partial charge in [-0.15, -0.1) is 0 Å². The molecule has 0 saturated carbocycles. The minimum atomic E-state index is -4.77. The van der Waals surface area contributed by atoms with Gasteiger partial charge in [0.15, 0.2) is 0 Å². The highest BCUT2D eigenvalue weighted by Crippen LogP contribution is 2.33. The summed E-state index contributed by atoms with van der Waals surface area (Å²) in [6, 6.07) is 4.58. The number of carbonyl (C=O) groups excluding carboxylic acids is 1. The van der Waals surface area contributed by atoms with E-state index in [0.717, 1.165) is 9.47 Å². The van der Waals surface area contributed by atoms with Gasteiger partial charge in [-0.1, -0.05) is 12.1 Å². The molecule has 1 amide bonds. The van der Waals surface area contributed by atoms with Gasteiger partial charge in [0.25, 0.3) is 11.5 Å². The van der Waals surface area contributed by atoms with Crippen LogP contribution in [0, 0.1) is 11.6 Å². The van der Waals surface area contributed by atoms with Crippen LogP contribution in [0.15, 0.2) is 70.6 Å². The smallest absolute Gasteiger partial charge is 0.411 e. The van der Waals surface area contributed by atoms with Gasteiger partial charge >= 0.3 is 17.8 Å². The molecule has 254 valence electrons. The highest BCUT2D eigenvalue weighted by atomic mass is 19.4. The van der Waals surface area contributed by atoms with E-state index in [1.165, 1.54) is 54.5 Å². The van der Waals surface area contributed by atoms with Gasteiger partial charge in [0.05, 0.1) is 41.5 Å². The molecule has 2 N–H and O–H groups in total. The monoisotopic (exact) mass is 684 g/mol. The van der Waals surface area contributed by atoms with Crippen LogP contribution in [0.3, 0.4) is 0 Å². The second-order valence-electron chi connectivity index (χ2n) is 11.2. The minimum Gasteiger partial charge on any atom is -0.480 e. The molecule has 12 nitrogen and oxygen atoms in total. The van der Waals surface area contributed by atoms with Crippen LogP contribution in [-0.4, -0.2) is 74.1 Å². The van der Waals surface area contributed by atoms with Crippen LogP contribution >= 0.6 is 0 Å². The first-order valence-corrected chi connectivity index (χ1v) is 14.6. The number of aromatic nitrogens is 4. The molecule has 0 bridgehead atoms. The van der Waals surface area contributed by atoms with Crippen LogP contribution in [0.4, 0.5) is 27.6 Å². The third-order valence-electron chi connectivity index (χ3n) is 8.27. The number of morpholine rings is 1. The Morgan fingerprint density at radius 1 is 1.08 bits per heavy atom. The summed E-state index contributed by atoms with van der Waals surface area (Å²) in [6.07, 6.45) is -1.02. The van der Waals surface area contributed by atoms with Crippen molar-refractivity contribution in [2.75, 3.05) is 24.7 Å². The van der Waals surface area contributed by atoms with Gasteiger partial charge in [-0.25, -0.2) is 22.9 Å². The number of ether oxygens (including phenoxy) is 1. The number of carboxylic acid groups (broad SMARTS) is 1. The lowest BCUT2D eigenvalue weighted by molar-refractivity contribution is -0.167. The Morgan fingerprint density at radius 2 is 1.82 bits per heavy atom. The number of pyridine rings is 2. The van der Waals surface area contributed by atoms with Crippen LogP contribution in [0.5, 0.6) is 0 Å². The molecular formula is C32H25F5N6O6. The number of rotatable bonds is 7. The van der Waals surface area contributed by atoms with Crippen molar-refractivity contribution in [3.05, 3.63) is 105 Å². The van der Waals surface area contributed by atoms with Crippen molar-refractivity contribution in [3.8, 4) is 5.69 Å². The predicted octanol–water partition coefficient (Wildman–Crippen LogP) is 3.10.